The predicted octanol–water partition coefficient (Wildman–Crippen LogP) is 1.80. The van der Waals surface area contributed by atoms with Gasteiger partial charge in [-0.15, -0.1) is 0 Å². The fourth-order valence-electron chi connectivity index (χ4n) is 1.25. The van der Waals surface area contributed by atoms with Crippen LogP contribution < -0.4 is 14.2 Å². The first kappa shape index (κ1) is 12.8. The van der Waals surface area contributed by atoms with Crippen LogP contribution in [-0.2, 0) is 9.59 Å². The van der Waals surface area contributed by atoms with Gasteiger partial charge < -0.3 is 14.2 Å². The molecule has 90 valence electrons. The van der Waals surface area contributed by atoms with Gasteiger partial charge in [0, 0.05) is 6.92 Å². The molecule has 5 heteroatoms. The first-order chi connectivity index (χ1) is 8.12. The molecule has 0 aliphatic carbocycles. The van der Waals surface area contributed by atoms with Gasteiger partial charge in [0.1, 0.15) is 0 Å². The zero-order valence-electron chi connectivity index (χ0n) is 9.56. The molecule has 0 aliphatic heterocycles. The summed E-state index contributed by atoms with van der Waals surface area (Å²) in [6.45, 7) is 5.08. The van der Waals surface area contributed by atoms with Crippen molar-refractivity contribution < 1.29 is 23.8 Å². The molecular weight excluding hydrogens is 224 g/mol. The van der Waals surface area contributed by atoms with Crippen LogP contribution in [0.1, 0.15) is 12.5 Å². The van der Waals surface area contributed by atoms with Crippen LogP contribution in [0.5, 0.6) is 17.2 Å². The second-order valence-electron chi connectivity index (χ2n) is 3.06. The van der Waals surface area contributed by atoms with Crippen LogP contribution in [0.25, 0.3) is 6.08 Å². The molecule has 0 atom stereocenters. The van der Waals surface area contributed by atoms with Gasteiger partial charge in [0.05, 0.1) is 7.11 Å². The number of benzene rings is 1. The lowest BCUT2D eigenvalue weighted by molar-refractivity contribution is -0.132. The third-order valence-corrected chi connectivity index (χ3v) is 1.92. The normalized spacial score (nSPS) is 9.29. The Labute approximate surface area is 98.6 Å². The van der Waals surface area contributed by atoms with E-state index in [1.807, 2.05) is 0 Å². The van der Waals surface area contributed by atoms with Crippen molar-refractivity contribution in [3.63, 3.8) is 0 Å². The van der Waals surface area contributed by atoms with E-state index in [0.717, 1.165) is 0 Å². The van der Waals surface area contributed by atoms with Gasteiger partial charge in [0.15, 0.2) is 11.5 Å². The van der Waals surface area contributed by atoms with E-state index < -0.39 is 5.97 Å². The second-order valence-corrected chi connectivity index (χ2v) is 3.06. The third kappa shape index (κ3) is 3.07. The van der Waals surface area contributed by atoms with Gasteiger partial charge in [0.25, 0.3) is 6.47 Å². The van der Waals surface area contributed by atoms with Crippen molar-refractivity contribution in [1.29, 1.82) is 0 Å². The van der Waals surface area contributed by atoms with Gasteiger partial charge in [-0.1, -0.05) is 12.7 Å². The Morgan fingerprint density at radius 2 is 2.00 bits per heavy atom. The molecule has 0 aliphatic rings. The molecule has 5 nitrogen and oxygen atoms in total. The first-order valence-corrected chi connectivity index (χ1v) is 4.75. The van der Waals surface area contributed by atoms with Crippen LogP contribution in [0.2, 0.25) is 0 Å². The van der Waals surface area contributed by atoms with Crippen LogP contribution in [0.3, 0.4) is 0 Å². The minimum atomic E-state index is -0.537. The zero-order valence-corrected chi connectivity index (χ0v) is 9.56. The van der Waals surface area contributed by atoms with Crippen LogP contribution in [-0.4, -0.2) is 19.6 Å². The predicted molar refractivity (Wildman–Crippen MR) is 61.1 cm³/mol. The van der Waals surface area contributed by atoms with Crippen molar-refractivity contribution in [2.75, 3.05) is 7.11 Å². The highest BCUT2D eigenvalue weighted by atomic mass is 16.6. The van der Waals surface area contributed by atoms with E-state index in [4.69, 9.17) is 14.2 Å². The van der Waals surface area contributed by atoms with E-state index in [0.29, 0.717) is 5.56 Å². The molecule has 0 saturated carbocycles. The Morgan fingerprint density at radius 1 is 1.35 bits per heavy atom. The lowest BCUT2D eigenvalue weighted by Crippen LogP contribution is -2.05. The summed E-state index contributed by atoms with van der Waals surface area (Å²) in [6.07, 6.45) is 1.55. The summed E-state index contributed by atoms with van der Waals surface area (Å²) in [7, 11) is 1.42. The van der Waals surface area contributed by atoms with Gasteiger partial charge in [-0.2, -0.15) is 0 Å². The van der Waals surface area contributed by atoms with E-state index in [1.54, 1.807) is 12.1 Å². The van der Waals surface area contributed by atoms with Crippen molar-refractivity contribution in [3.8, 4) is 17.2 Å². The fraction of sp³-hybridized carbons (Fsp3) is 0.167. The van der Waals surface area contributed by atoms with Crippen molar-refractivity contribution in [3.05, 3.63) is 24.3 Å². The molecule has 17 heavy (non-hydrogen) atoms. The lowest BCUT2D eigenvalue weighted by atomic mass is 10.2. The molecule has 0 saturated heterocycles. The Hall–Kier alpha value is -2.30. The molecule has 0 spiro atoms. The number of carbonyl (C=O) groups excluding carboxylic acids is 2. The largest absolute Gasteiger partial charge is 0.493 e. The van der Waals surface area contributed by atoms with E-state index in [-0.39, 0.29) is 23.7 Å². The fourth-order valence-corrected chi connectivity index (χ4v) is 1.25. The maximum atomic E-state index is 11.0. The Bertz CT molecular complexity index is 450. The van der Waals surface area contributed by atoms with Crippen molar-refractivity contribution in [2.24, 2.45) is 0 Å². The molecule has 0 unspecified atom stereocenters. The molecule has 0 amide bonds. The van der Waals surface area contributed by atoms with Gasteiger partial charge in [0.2, 0.25) is 5.75 Å². The molecule has 0 N–H and O–H groups in total. The van der Waals surface area contributed by atoms with Crippen LogP contribution in [0, 0.1) is 0 Å². The standard InChI is InChI=1S/C12H12O5/c1-4-9-5-10(15-3)12(17-8(2)14)11(6-9)16-7-13/h4-7H,1H2,2-3H3. The summed E-state index contributed by atoms with van der Waals surface area (Å²) in [5.74, 6) is -0.0815. The highest BCUT2D eigenvalue weighted by Gasteiger charge is 2.15. The SMILES string of the molecule is C=Cc1cc(OC)c(OC(C)=O)c(OC=O)c1. The van der Waals surface area contributed by atoms with Crippen molar-refractivity contribution in [1.82, 2.24) is 0 Å². The Balaban J connectivity index is 3.33. The van der Waals surface area contributed by atoms with E-state index in [2.05, 4.69) is 6.58 Å². The smallest absolute Gasteiger partial charge is 0.308 e. The average molecular weight is 236 g/mol. The van der Waals surface area contributed by atoms with Crippen molar-refractivity contribution in [2.45, 2.75) is 6.92 Å². The number of rotatable bonds is 5. The molecule has 0 fully saturated rings. The van der Waals surface area contributed by atoms with Crippen LogP contribution >= 0.6 is 0 Å². The summed E-state index contributed by atoms with van der Waals surface area (Å²) in [4.78, 5) is 21.3. The maximum Gasteiger partial charge on any atom is 0.308 e. The van der Waals surface area contributed by atoms with Gasteiger partial charge in [-0.25, -0.2) is 0 Å². The van der Waals surface area contributed by atoms with Crippen LogP contribution in [0.15, 0.2) is 18.7 Å². The molecule has 1 aromatic carbocycles. The number of esters is 1. The highest BCUT2D eigenvalue weighted by molar-refractivity contribution is 5.74. The highest BCUT2D eigenvalue weighted by Crippen LogP contribution is 2.38. The number of methoxy groups -OCH3 is 1. The number of hydrogen-bond acceptors (Lipinski definition) is 5. The Morgan fingerprint density at radius 3 is 2.47 bits per heavy atom. The third-order valence-electron chi connectivity index (χ3n) is 1.92. The van der Waals surface area contributed by atoms with E-state index >= 15 is 0 Å². The van der Waals surface area contributed by atoms with Gasteiger partial charge in [-0.05, 0) is 17.7 Å². The van der Waals surface area contributed by atoms with E-state index in [1.165, 1.54) is 20.1 Å². The van der Waals surface area contributed by atoms with Gasteiger partial charge in [-0.3, -0.25) is 9.59 Å². The number of carbonyl (C=O) groups is 2. The topological polar surface area (TPSA) is 61.8 Å². The quantitative estimate of drug-likeness (QED) is 0.443. The average Bonchev–Trinajstić information content (AvgIpc) is 2.30. The summed E-state index contributed by atoms with van der Waals surface area (Å²) in [5, 5.41) is 0. The summed E-state index contributed by atoms with van der Waals surface area (Å²) < 4.78 is 14.7. The minimum Gasteiger partial charge on any atom is -0.493 e. The second kappa shape index (κ2) is 5.69. The van der Waals surface area contributed by atoms with Gasteiger partial charge >= 0.3 is 5.97 Å². The summed E-state index contributed by atoms with van der Waals surface area (Å²) in [6, 6.07) is 3.13. The molecule has 0 heterocycles. The summed E-state index contributed by atoms with van der Waals surface area (Å²) in [5.41, 5.74) is 0.676. The van der Waals surface area contributed by atoms with Crippen molar-refractivity contribution >= 4 is 18.5 Å². The minimum absolute atomic E-state index is 0.0673. The molecule has 0 radical (unpaired) electrons. The molecular formula is C12H12O5. The van der Waals surface area contributed by atoms with Crippen LogP contribution in [0.4, 0.5) is 0 Å². The maximum absolute atomic E-state index is 11.0. The molecule has 0 aromatic heterocycles. The summed E-state index contributed by atoms with van der Waals surface area (Å²) >= 11 is 0. The lowest BCUT2D eigenvalue weighted by Gasteiger charge is -2.12. The molecule has 1 rings (SSSR count). The molecule has 1 aromatic rings. The number of hydrogen-bond donors (Lipinski definition) is 0. The first-order valence-electron chi connectivity index (χ1n) is 4.75. The Kier molecular flexibility index (Phi) is 4.28. The van der Waals surface area contributed by atoms with E-state index in [9.17, 15) is 9.59 Å². The molecule has 0 bridgehead atoms. The monoisotopic (exact) mass is 236 g/mol. The zero-order chi connectivity index (χ0) is 12.8. The number of ether oxygens (including phenoxy) is 3.